The third-order valence-corrected chi connectivity index (χ3v) is 2.75. The molecule has 1 rings (SSSR count). The number of nitrogens with zero attached hydrogens (tertiary/aromatic N) is 1. The van der Waals surface area contributed by atoms with Gasteiger partial charge in [0.25, 0.3) is 0 Å². The summed E-state index contributed by atoms with van der Waals surface area (Å²) in [5.74, 6) is 0.594. The Morgan fingerprint density at radius 3 is 2.42 bits per heavy atom. The fourth-order valence-corrected chi connectivity index (χ4v) is 1.87. The summed E-state index contributed by atoms with van der Waals surface area (Å²) >= 11 is 0. The minimum absolute atomic E-state index is 0.0443. The lowest BCUT2D eigenvalue weighted by molar-refractivity contribution is 0.325. The first-order valence-electron chi connectivity index (χ1n) is 4.67. The summed E-state index contributed by atoms with van der Waals surface area (Å²) in [6.07, 6.45) is 6.44. The van der Waals surface area contributed by atoms with Crippen molar-refractivity contribution in [3.05, 3.63) is 12.3 Å². The quantitative estimate of drug-likeness (QED) is 0.641. The number of hydrogen-bond acceptors (Lipinski definition) is 2. The van der Waals surface area contributed by atoms with Gasteiger partial charge in [-0.15, -0.1) is 0 Å². The molecule has 0 bridgehead atoms. The fraction of sp³-hybridized carbons (Fsp3) is 0.700. The minimum atomic E-state index is 0.0443. The van der Waals surface area contributed by atoms with Crippen LogP contribution in [-0.4, -0.2) is 12.8 Å². The Balaban J connectivity index is 2.44. The summed E-state index contributed by atoms with van der Waals surface area (Å²) in [4.78, 5) is 3.79. The highest BCUT2D eigenvalue weighted by Gasteiger charge is 2.21. The van der Waals surface area contributed by atoms with Crippen molar-refractivity contribution < 1.29 is 0 Å². The number of hydrogen-bond donors (Lipinski definition) is 1. The maximum absolute atomic E-state index is 5.97. The van der Waals surface area contributed by atoms with Crippen LogP contribution in [0.5, 0.6) is 0 Å². The van der Waals surface area contributed by atoms with Crippen molar-refractivity contribution in [2.75, 3.05) is 0 Å². The molecule has 0 saturated heterocycles. The summed E-state index contributed by atoms with van der Waals surface area (Å²) < 4.78 is 0. The van der Waals surface area contributed by atoms with Crippen LogP contribution in [0.15, 0.2) is 17.3 Å². The average molecular weight is 166 g/mol. The zero-order valence-electron chi connectivity index (χ0n) is 7.63. The Kier molecular flexibility index (Phi) is 3.48. The van der Waals surface area contributed by atoms with Crippen LogP contribution in [0.4, 0.5) is 0 Å². The lowest BCUT2D eigenvalue weighted by Crippen LogP contribution is -2.32. The molecule has 0 aromatic rings. The first-order chi connectivity index (χ1) is 5.75. The highest BCUT2D eigenvalue weighted by atomic mass is 14.8. The van der Waals surface area contributed by atoms with E-state index in [2.05, 4.69) is 18.3 Å². The molecule has 1 unspecified atom stereocenters. The Hall–Kier alpha value is -0.630. The van der Waals surface area contributed by atoms with Gasteiger partial charge in [0.2, 0.25) is 0 Å². The highest BCUT2D eigenvalue weighted by molar-refractivity contribution is 5.29. The van der Waals surface area contributed by atoms with E-state index in [0.29, 0.717) is 5.92 Å². The molecule has 0 spiro atoms. The van der Waals surface area contributed by atoms with Crippen molar-refractivity contribution in [1.29, 1.82) is 0 Å². The molecule has 1 fully saturated rings. The lowest BCUT2D eigenvalue weighted by Gasteiger charge is -2.27. The van der Waals surface area contributed by atoms with Crippen LogP contribution >= 0.6 is 0 Å². The largest absolute Gasteiger partial charge is 0.322 e. The van der Waals surface area contributed by atoms with Crippen molar-refractivity contribution in [3.63, 3.8) is 0 Å². The molecular weight excluding hydrogens is 148 g/mol. The molecule has 0 aromatic heterocycles. The van der Waals surface area contributed by atoms with E-state index in [0.717, 1.165) is 5.70 Å². The average Bonchev–Trinajstić information content (AvgIpc) is 2.17. The predicted octanol–water partition coefficient (Wildman–Crippen LogP) is 2.11. The molecule has 2 heteroatoms. The van der Waals surface area contributed by atoms with Crippen LogP contribution in [0.25, 0.3) is 0 Å². The monoisotopic (exact) mass is 166 g/mol. The van der Waals surface area contributed by atoms with E-state index in [1.54, 1.807) is 0 Å². The van der Waals surface area contributed by atoms with Crippen molar-refractivity contribution >= 4 is 6.72 Å². The van der Waals surface area contributed by atoms with Gasteiger partial charge in [-0.25, -0.2) is 0 Å². The second kappa shape index (κ2) is 4.41. The standard InChI is InChI=1S/C10H18N2/c1-8(12-2)10(11)9-6-4-3-5-7-9/h9-10H,1-7,11H2. The molecule has 1 saturated carbocycles. The summed E-state index contributed by atoms with van der Waals surface area (Å²) in [7, 11) is 0. The third-order valence-electron chi connectivity index (χ3n) is 2.75. The van der Waals surface area contributed by atoms with Gasteiger partial charge >= 0.3 is 0 Å². The summed E-state index contributed by atoms with van der Waals surface area (Å²) in [6, 6.07) is 0.0443. The van der Waals surface area contributed by atoms with Crippen LogP contribution < -0.4 is 5.73 Å². The molecule has 1 aliphatic carbocycles. The zero-order valence-corrected chi connectivity index (χ0v) is 7.63. The van der Waals surface area contributed by atoms with E-state index in [-0.39, 0.29) is 6.04 Å². The fourth-order valence-electron chi connectivity index (χ4n) is 1.87. The smallest absolute Gasteiger partial charge is 0.0494 e. The first kappa shape index (κ1) is 9.46. The van der Waals surface area contributed by atoms with Gasteiger partial charge in [-0.3, -0.25) is 4.99 Å². The molecule has 0 aromatic carbocycles. The van der Waals surface area contributed by atoms with E-state index in [9.17, 15) is 0 Å². The van der Waals surface area contributed by atoms with E-state index >= 15 is 0 Å². The lowest BCUT2D eigenvalue weighted by atomic mass is 9.83. The topological polar surface area (TPSA) is 38.4 Å². The normalized spacial score (nSPS) is 21.8. The zero-order chi connectivity index (χ0) is 8.97. The van der Waals surface area contributed by atoms with E-state index in [1.165, 1.54) is 32.1 Å². The minimum Gasteiger partial charge on any atom is -0.322 e. The van der Waals surface area contributed by atoms with Crippen molar-refractivity contribution in [3.8, 4) is 0 Å². The van der Waals surface area contributed by atoms with Gasteiger partial charge in [0.15, 0.2) is 0 Å². The van der Waals surface area contributed by atoms with Gasteiger partial charge in [0, 0.05) is 11.7 Å². The van der Waals surface area contributed by atoms with Gasteiger partial charge in [-0.2, -0.15) is 0 Å². The second-order valence-electron chi connectivity index (χ2n) is 3.57. The van der Waals surface area contributed by atoms with Crippen LogP contribution in [0.3, 0.4) is 0 Å². The van der Waals surface area contributed by atoms with Crippen molar-refractivity contribution in [1.82, 2.24) is 0 Å². The predicted molar refractivity (Wildman–Crippen MR) is 53.2 cm³/mol. The molecule has 2 N–H and O–H groups in total. The van der Waals surface area contributed by atoms with E-state index < -0.39 is 0 Å². The van der Waals surface area contributed by atoms with Gasteiger partial charge in [0.1, 0.15) is 0 Å². The summed E-state index contributed by atoms with van der Waals surface area (Å²) in [6.45, 7) is 7.24. The molecule has 2 nitrogen and oxygen atoms in total. The molecule has 1 atom stereocenters. The highest BCUT2D eigenvalue weighted by Crippen LogP contribution is 2.27. The van der Waals surface area contributed by atoms with Crippen LogP contribution in [0.1, 0.15) is 32.1 Å². The number of rotatable bonds is 3. The van der Waals surface area contributed by atoms with Gasteiger partial charge in [0.05, 0.1) is 0 Å². The Morgan fingerprint density at radius 2 is 1.92 bits per heavy atom. The SMILES string of the molecule is C=NC(=C)C(N)C1CCCCC1. The molecule has 12 heavy (non-hydrogen) atoms. The Bertz CT molecular complexity index is 169. The van der Waals surface area contributed by atoms with Gasteiger partial charge in [-0.05, 0) is 25.5 Å². The molecule has 68 valence electrons. The summed E-state index contributed by atoms with van der Waals surface area (Å²) in [5, 5.41) is 0. The van der Waals surface area contributed by atoms with E-state index in [4.69, 9.17) is 5.73 Å². The van der Waals surface area contributed by atoms with Gasteiger partial charge in [-0.1, -0.05) is 25.8 Å². The van der Waals surface area contributed by atoms with E-state index in [1.807, 2.05) is 0 Å². The maximum Gasteiger partial charge on any atom is 0.0494 e. The molecule has 0 amide bonds. The first-order valence-corrected chi connectivity index (χ1v) is 4.67. The number of aliphatic imine (C=N–C) groups is 1. The third kappa shape index (κ3) is 2.18. The van der Waals surface area contributed by atoms with Crippen LogP contribution in [-0.2, 0) is 0 Å². The van der Waals surface area contributed by atoms with Crippen LogP contribution in [0.2, 0.25) is 0 Å². The maximum atomic E-state index is 5.97. The molecular formula is C10H18N2. The Labute approximate surface area is 74.6 Å². The summed E-state index contributed by atoms with van der Waals surface area (Å²) in [5.41, 5.74) is 6.72. The molecule has 0 heterocycles. The molecule has 0 aliphatic heterocycles. The van der Waals surface area contributed by atoms with Crippen molar-refractivity contribution in [2.45, 2.75) is 38.1 Å². The molecule has 0 radical (unpaired) electrons. The van der Waals surface area contributed by atoms with Crippen molar-refractivity contribution in [2.24, 2.45) is 16.6 Å². The van der Waals surface area contributed by atoms with Gasteiger partial charge < -0.3 is 5.73 Å². The number of nitrogens with two attached hydrogens (primary N) is 1. The molecule has 1 aliphatic rings. The second-order valence-corrected chi connectivity index (χ2v) is 3.57. The Morgan fingerprint density at radius 1 is 1.33 bits per heavy atom. The van der Waals surface area contributed by atoms with Crippen LogP contribution in [0, 0.1) is 5.92 Å².